The zero-order valence-corrected chi connectivity index (χ0v) is 25.0. The maximum absolute atomic E-state index is 13.9. The molecular weight excluding hydrogens is 755 g/mol. The number of rotatable bonds is 2. The number of benzene rings is 2. The normalized spacial score (nSPS) is 11.4. The Labute approximate surface area is 227 Å². The van der Waals surface area contributed by atoms with E-state index < -0.39 is 5.60 Å². The van der Waals surface area contributed by atoms with Crippen LogP contribution >= 0.6 is 67.8 Å². The molecule has 0 spiro atoms. The van der Waals surface area contributed by atoms with Crippen molar-refractivity contribution in [2.75, 3.05) is 4.93 Å². The van der Waals surface area contributed by atoms with E-state index >= 15 is 0 Å². The minimum absolute atomic E-state index is 0.190. The number of H-pyrrole nitrogens is 1. The van der Waals surface area contributed by atoms with Gasteiger partial charge >= 0.3 is 0 Å². The standard InChI is InChI=1S/C11H12FIN2O.C10H10FIN2.CH3I/c1-11(2,16)6-4-7(12)9-8(5-6)15(3)14-10(9)13;1-5(2)6-3-7(11)9-8(4-6)13-14-10(9)12;1-2/h4-5,16H,1-3H3;3-5H,1-2H3,(H,13,14);1H3. The Morgan fingerprint density at radius 3 is 2.16 bits per heavy atom. The molecule has 5 nitrogen and oxygen atoms in total. The van der Waals surface area contributed by atoms with Crippen molar-refractivity contribution in [3.05, 3.63) is 54.4 Å². The molecule has 0 aliphatic carbocycles. The number of hydrogen-bond donors (Lipinski definition) is 2. The van der Waals surface area contributed by atoms with E-state index in [0.29, 0.717) is 35.2 Å². The van der Waals surface area contributed by atoms with Crippen LogP contribution in [-0.4, -0.2) is 30.0 Å². The van der Waals surface area contributed by atoms with E-state index in [1.165, 1.54) is 6.07 Å². The van der Waals surface area contributed by atoms with Crippen LogP contribution in [0.1, 0.15) is 44.7 Å². The number of aromatic nitrogens is 4. The molecule has 0 aliphatic heterocycles. The highest BCUT2D eigenvalue weighted by atomic mass is 127. The summed E-state index contributed by atoms with van der Waals surface area (Å²) in [5.41, 5.74) is 1.97. The molecule has 0 saturated heterocycles. The van der Waals surface area contributed by atoms with Crippen molar-refractivity contribution in [1.29, 1.82) is 0 Å². The van der Waals surface area contributed by atoms with Crippen LogP contribution in [0.25, 0.3) is 21.8 Å². The number of aromatic amines is 1. The van der Waals surface area contributed by atoms with E-state index in [1.807, 2.05) is 70.0 Å². The van der Waals surface area contributed by atoms with Gasteiger partial charge in [0.25, 0.3) is 0 Å². The summed E-state index contributed by atoms with van der Waals surface area (Å²) in [5, 5.41) is 21.9. The Balaban J connectivity index is 0.000000212. The van der Waals surface area contributed by atoms with Gasteiger partial charge in [0.15, 0.2) is 0 Å². The van der Waals surface area contributed by atoms with Gasteiger partial charge in [-0.3, -0.25) is 9.78 Å². The van der Waals surface area contributed by atoms with Gasteiger partial charge in [0.1, 0.15) is 19.0 Å². The van der Waals surface area contributed by atoms with Gasteiger partial charge in [-0.25, -0.2) is 8.78 Å². The van der Waals surface area contributed by atoms with Crippen molar-refractivity contribution in [2.24, 2.45) is 7.05 Å². The van der Waals surface area contributed by atoms with Gasteiger partial charge < -0.3 is 5.11 Å². The molecule has 0 aliphatic rings. The predicted molar refractivity (Wildman–Crippen MR) is 151 cm³/mol. The van der Waals surface area contributed by atoms with Gasteiger partial charge in [-0.05, 0) is 105 Å². The highest BCUT2D eigenvalue weighted by Gasteiger charge is 2.21. The SMILES string of the molecule is CC(C)c1cc(F)c2c(I)n[nH]c2c1.CI.Cn1nc(I)c2c(F)cc(C(C)(C)O)cc21. The molecule has 0 fully saturated rings. The molecule has 10 heteroatoms. The van der Waals surface area contributed by atoms with Crippen molar-refractivity contribution in [1.82, 2.24) is 20.0 Å². The molecule has 32 heavy (non-hydrogen) atoms. The smallest absolute Gasteiger partial charge is 0.135 e. The second kappa shape index (κ2) is 11.2. The van der Waals surface area contributed by atoms with Gasteiger partial charge in [0.05, 0.1) is 27.4 Å². The lowest BCUT2D eigenvalue weighted by molar-refractivity contribution is 0.0784. The van der Waals surface area contributed by atoms with Crippen LogP contribution in [0, 0.1) is 19.0 Å². The molecule has 0 atom stereocenters. The van der Waals surface area contributed by atoms with E-state index in [1.54, 1.807) is 37.7 Å². The fraction of sp³-hybridized carbons (Fsp3) is 0.364. The first-order valence-corrected chi connectivity index (χ1v) is 14.0. The third kappa shape index (κ3) is 6.09. The lowest BCUT2D eigenvalue weighted by atomic mass is 9.97. The zero-order valence-electron chi connectivity index (χ0n) is 18.6. The summed E-state index contributed by atoms with van der Waals surface area (Å²) in [5.74, 6) is -0.202. The lowest BCUT2D eigenvalue weighted by Crippen LogP contribution is -2.15. The maximum Gasteiger partial charge on any atom is 0.135 e. The molecule has 0 bridgehead atoms. The minimum atomic E-state index is -1.05. The number of aliphatic hydroxyl groups is 1. The van der Waals surface area contributed by atoms with Gasteiger partial charge in [0, 0.05) is 7.05 Å². The number of nitrogens with zero attached hydrogens (tertiary/aromatic N) is 3. The third-order valence-electron chi connectivity index (χ3n) is 4.83. The molecule has 2 heterocycles. The van der Waals surface area contributed by atoms with E-state index in [9.17, 15) is 13.9 Å². The maximum atomic E-state index is 13.9. The molecule has 2 aromatic carbocycles. The molecule has 0 unspecified atom stereocenters. The van der Waals surface area contributed by atoms with Gasteiger partial charge in [-0.1, -0.05) is 36.4 Å². The van der Waals surface area contributed by atoms with Gasteiger partial charge in [-0.15, -0.1) is 0 Å². The summed E-state index contributed by atoms with van der Waals surface area (Å²) in [6.45, 7) is 7.35. The van der Waals surface area contributed by atoms with Crippen molar-refractivity contribution in [3.63, 3.8) is 0 Å². The summed E-state index contributed by atoms with van der Waals surface area (Å²) < 4.78 is 30.5. The number of nitrogens with one attached hydrogen (secondary N) is 1. The summed E-state index contributed by atoms with van der Waals surface area (Å²) in [6, 6.07) is 6.68. The Kier molecular flexibility index (Phi) is 9.68. The Morgan fingerprint density at radius 1 is 1.00 bits per heavy atom. The highest BCUT2D eigenvalue weighted by molar-refractivity contribution is 14.1. The van der Waals surface area contributed by atoms with E-state index in [0.717, 1.165) is 11.1 Å². The number of hydrogen-bond acceptors (Lipinski definition) is 3. The van der Waals surface area contributed by atoms with Crippen LogP contribution in [0.3, 0.4) is 0 Å². The molecule has 174 valence electrons. The number of fused-ring (bicyclic) bond motifs is 2. The van der Waals surface area contributed by atoms with Crippen LogP contribution in [0.15, 0.2) is 24.3 Å². The average molecular weight is 780 g/mol. The molecule has 4 rings (SSSR count). The summed E-state index contributed by atoms with van der Waals surface area (Å²) in [7, 11) is 1.76. The number of halogens is 5. The third-order valence-corrected chi connectivity index (χ3v) is 6.36. The first-order valence-electron chi connectivity index (χ1n) is 9.65. The largest absolute Gasteiger partial charge is 0.386 e. The topological polar surface area (TPSA) is 66.7 Å². The van der Waals surface area contributed by atoms with Crippen molar-refractivity contribution < 1.29 is 13.9 Å². The molecular formula is C22H25F2I3N4O. The van der Waals surface area contributed by atoms with Crippen LogP contribution in [0.4, 0.5) is 8.78 Å². The Morgan fingerprint density at radius 2 is 1.59 bits per heavy atom. The first kappa shape index (κ1) is 27.6. The van der Waals surface area contributed by atoms with Crippen molar-refractivity contribution >= 4 is 89.6 Å². The Hall–Kier alpha value is -0.610. The molecule has 2 N–H and O–H groups in total. The van der Waals surface area contributed by atoms with E-state index in [-0.39, 0.29) is 11.6 Å². The molecule has 0 amide bonds. The second-order valence-corrected chi connectivity index (χ2v) is 9.96. The quantitative estimate of drug-likeness (QED) is 0.170. The summed E-state index contributed by atoms with van der Waals surface area (Å²) in [6.07, 6.45) is 0. The summed E-state index contributed by atoms with van der Waals surface area (Å²) >= 11 is 6.18. The molecule has 4 aromatic rings. The van der Waals surface area contributed by atoms with Gasteiger partial charge in [0.2, 0.25) is 0 Å². The lowest BCUT2D eigenvalue weighted by Gasteiger charge is -2.18. The molecule has 2 aromatic heterocycles. The van der Waals surface area contributed by atoms with E-state index in [2.05, 4.69) is 37.9 Å². The minimum Gasteiger partial charge on any atom is -0.386 e. The van der Waals surface area contributed by atoms with Crippen LogP contribution in [-0.2, 0) is 12.6 Å². The fourth-order valence-electron chi connectivity index (χ4n) is 3.06. The number of alkyl halides is 1. The monoisotopic (exact) mass is 780 g/mol. The van der Waals surface area contributed by atoms with Crippen molar-refractivity contribution in [3.8, 4) is 0 Å². The molecule has 0 radical (unpaired) electrons. The van der Waals surface area contributed by atoms with Crippen molar-refractivity contribution in [2.45, 2.75) is 39.2 Å². The average Bonchev–Trinajstić information content (AvgIpc) is 3.23. The fourth-order valence-corrected chi connectivity index (χ4v) is 4.59. The molecule has 0 saturated carbocycles. The predicted octanol–water partition coefficient (Wildman–Crippen LogP) is 7.03. The Bertz CT molecular complexity index is 1230. The van der Waals surface area contributed by atoms with Crippen LogP contribution < -0.4 is 0 Å². The van der Waals surface area contributed by atoms with Crippen LogP contribution in [0.5, 0.6) is 0 Å². The van der Waals surface area contributed by atoms with E-state index in [4.69, 9.17) is 0 Å². The zero-order chi connectivity index (χ0) is 24.4. The van der Waals surface area contributed by atoms with Gasteiger partial charge in [-0.2, -0.15) is 10.2 Å². The second-order valence-electron chi connectivity index (χ2n) is 7.92. The first-order chi connectivity index (χ1) is 14.9. The summed E-state index contributed by atoms with van der Waals surface area (Å²) in [4.78, 5) is 1.97. The van der Waals surface area contributed by atoms with Crippen LogP contribution in [0.2, 0.25) is 0 Å². The highest BCUT2D eigenvalue weighted by Crippen LogP contribution is 2.29. The number of aryl methyl sites for hydroxylation is 1.